The smallest absolute Gasteiger partial charge is 0.137 e. The molecule has 5 heteroatoms. The molecule has 0 bridgehead atoms. The molecule has 0 saturated carbocycles. The maximum atomic E-state index is 13.0. The fourth-order valence-corrected chi connectivity index (χ4v) is 2.49. The van der Waals surface area contributed by atoms with Gasteiger partial charge in [0.05, 0.1) is 23.9 Å². The minimum Gasteiger partial charge on any atom is -0.301 e. The number of nitrogens with zero attached hydrogens (tertiary/aromatic N) is 3. The molecule has 20 heavy (non-hydrogen) atoms. The van der Waals surface area contributed by atoms with Gasteiger partial charge in [-0.15, -0.1) is 0 Å². The van der Waals surface area contributed by atoms with Crippen LogP contribution in [0.3, 0.4) is 0 Å². The van der Waals surface area contributed by atoms with Gasteiger partial charge in [-0.2, -0.15) is 5.26 Å². The van der Waals surface area contributed by atoms with Crippen LogP contribution in [-0.2, 0) is 6.42 Å². The molecule has 0 aliphatic heterocycles. The summed E-state index contributed by atoms with van der Waals surface area (Å²) in [6.07, 6.45) is 2.12. The molecule has 0 amide bonds. The number of nitriles is 1. The zero-order valence-corrected chi connectivity index (χ0v) is 11.9. The molecule has 3 aromatic rings. The van der Waals surface area contributed by atoms with Crippen molar-refractivity contribution >= 4 is 21.6 Å². The Labute approximate surface area is 123 Å². The SMILES string of the molecule is N#CCc1c(-c2ccc(F)cc2)nc2ccc(Br)cn12. The van der Waals surface area contributed by atoms with E-state index in [-0.39, 0.29) is 12.2 Å². The van der Waals surface area contributed by atoms with Crippen LogP contribution in [0.15, 0.2) is 47.1 Å². The third-order valence-corrected chi connectivity index (χ3v) is 3.51. The molecule has 2 heterocycles. The number of fused-ring (bicyclic) bond motifs is 1. The van der Waals surface area contributed by atoms with Crippen molar-refractivity contribution in [2.45, 2.75) is 6.42 Å². The molecular formula is C15H9BrFN3. The van der Waals surface area contributed by atoms with Crippen molar-refractivity contribution in [3.63, 3.8) is 0 Å². The van der Waals surface area contributed by atoms with Crippen LogP contribution in [0.4, 0.5) is 4.39 Å². The Balaban J connectivity index is 2.26. The minimum atomic E-state index is -0.290. The molecule has 0 fully saturated rings. The molecule has 0 radical (unpaired) electrons. The molecular weight excluding hydrogens is 321 g/mol. The number of hydrogen-bond donors (Lipinski definition) is 0. The van der Waals surface area contributed by atoms with Gasteiger partial charge in [0.15, 0.2) is 0 Å². The minimum absolute atomic E-state index is 0.240. The zero-order chi connectivity index (χ0) is 14.1. The topological polar surface area (TPSA) is 41.1 Å². The summed E-state index contributed by atoms with van der Waals surface area (Å²) in [5.41, 5.74) is 3.08. The lowest BCUT2D eigenvalue weighted by Crippen LogP contribution is -1.93. The van der Waals surface area contributed by atoms with Gasteiger partial charge in [0, 0.05) is 16.2 Å². The van der Waals surface area contributed by atoms with Crippen molar-refractivity contribution in [1.29, 1.82) is 5.26 Å². The Hall–Kier alpha value is -2.19. The maximum Gasteiger partial charge on any atom is 0.137 e. The number of benzene rings is 1. The predicted molar refractivity (Wildman–Crippen MR) is 77.6 cm³/mol. The van der Waals surface area contributed by atoms with Crippen molar-refractivity contribution in [1.82, 2.24) is 9.38 Å². The average molecular weight is 330 g/mol. The van der Waals surface area contributed by atoms with E-state index in [1.54, 1.807) is 12.1 Å². The third kappa shape index (κ3) is 2.19. The second kappa shape index (κ2) is 5.06. The van der Waals surface area contributed by atoms with E-state index in [0.717, 1.165) is 21.4 Å². The number of rotatable bonds is 2. The van der Waals surface area contributed by atoms with Gasteiger partial charge in [-0.05, 0) is 52.3 Å². The molecule has 3 rings (SSSR count). The van der Waals surface area contributed by atoms with Crippen molar-refractivity contribution in [2.24, 2.45) is 0 Å². The summed E-state index contributed by atoms with van der Waals surface area (Å²) < 4.78 is 15.8. The number of hydrogen-bond acceptors (Lipinski definition) is 2. The Morgan fingerprint density at radius 3 is 2.65 bits per heavy atom. The lowest BCUT2D eigenvalue weighted by atomic mass is 10.1. The monoisotopic (exact) mass is 329 g/mol. The van der Waals surface area contributed by atoms with E-state index in [4.69, 9.17) is 5.26 Å². The summed E-state index contributed by atoms with van der Waals surface area (Å²) in [4.78, 5) is 4.54. The molecule has 0 aliphatic carbocycles. The quantitative estimate of drug-likeness (QED) is 0.713. The highest BCUT2D eigenvalue weighted by molar-refractivity contribution is 9.10. The maximum absolute atomic E-state index is 13.0. The van der Waals surface area contributed by atoms with Crippen LogP contribution < -0.4 is 0 Å². The van der Waals surface area contributed by atoms with E-state index >= 15 is 0 Å². The summed E-state index contributed by atoms with van der Waals surface area (Å²) >= 11 is 3.41. The van der Waals surface area contributed by atoms with Gasteiger partial charge >= 0.3 is 0 Å². The Morgan fingerprint density at radius 2 is 1.95 bits per heavy atom. The van der Waals surface area contributed by atoms with Crippen molar-refractivity contribution in [3.05, 3.63) is 58.6 Å². The first-order valence-corrected chi connectivity index (χ1v) is 6.78. The summed E-state index contributed by atoms with van der Waals surface area (Å²) in [6.45, 7) is 0. The Bertz CT molecular complexity index is 815. The van der Waals surface area contributed by atoms with Gasteiger partial charge < -0.3 is 4.40 Å². The second-order valence-electron chi connectivity index (χ2n) is 4.32. The van der Waals surface area contributed by atoms with Crippen LogP contribution in [0.25, 0.3) is 16.9 Å². The Kier molecular flexibility index (Phi) is 3.25. The molecule has 0 spiro atoms. The highest BCUT2D eigenvalue weighted by Crippen LogP contribution is 2.26. The van der Waals surface area contributed by atoms with Crippen LogP contribution in [0.2, 0.25) is 0 Å². The van der Waals surface area contributed by atoms with Crippen LogP contribution in [-0.4, -0.2) is 9.38 Å². The number of imidazole rings is 1. The van der Waals surface area contributed by atoms with Crippen LogP contribution in [0.1, 0.15) is 5.69 Å². The predicted octanol–water partition coefficient (Wildman–Crippen LogP) is 3.97. The highest BCUT2D eigenvalue weighted by atomic mass is 79.9. The molecule has 98 valence electrons. The first-order valence-electron chi connectivity index (χ1n) is 5.98. The number of aromatic nitrogens is 2. The van der Waals surface area contributed by atoms with Gasteiger partial charge in [0.25, 0.3) is 0 Å². The largest absolute Gasteiger partial charge is 0.301 e. The number of halogens is 2. The molecule has 0 saturated heterocycles. The molecule has 1 aromatic carbocycles. The lowest BCUT2D eigenvalue weighted by molar-refractivity contribution is 0.628. The van der Waals surface area contributed by atoms with E-state index in [0.29, 0.717) is 5.69 Å². The molecule has 0 aliphatic rings. The summed E-state index contributed by atoms with van der Waals surface area (Å²) in [5, 5.41) is 9.02. The highest BCUT2D eigenvalue weighted by Gasteiger charge is 2.14. The van der Waals surface area contributed by atoms with E-state index in [9.17, 15) is 4.39 Å². The van der Waals surface area contributed by atoms with E-state index in [1.165, 1.54) is 12.1 Å². The average Bonchev–Trinajstić information content (AvgIpc) is 2.79. The van der Waals surface area contributed by atoms with Gasteiger partial charge in [-0.25, -0.2) is 9.37 Å². The summed E-state index contributed by atoms with van der Waals surface area (Å²) in [7, 11) is 0. The van der Waals surface area contributed by atoms with Crippen molar-refractivity contribution in [2.75, 3.05) is 0 Å². The van der Waals surface area contributed by atoms with E-state index in [1.807, 2.05) is 22.7 Å². The molecule has 2 aromatic heterocycles. The number of pyridine rings is 1. The lowest BCUT2D eigenvalue weighted by Gasteiger charge is -2.01. The van der Waals surface area contributed by atoms with E-state index in [2.05, 4.69) is 27.0 Å². The van der Waals surface area contributed by atoms with E-state index < -0.39 is 0 Å². The van der Waals surface area contributed by atoms with Gasteiger partial charge in [0.2, 0.25) is 0 Å². The van der Waals surface area contributed by atoms with Crippen LogP contribution >= 0.6 is 15.9 Å². The van der Waals surface area contributed by atoms with Crippen molar-refractivity contribution in [3.8, 4) is 17.3 Å². The van der Waals surface area contributed by atoms with Crippen LogP contribution in [0.5, 0.6) is 0 Å². The fraction of sp³-hybridized carbons (Fsp3) is 0.0667. The normalized spacial score (nSPS) is 10.7. The molecule has 3 nitrogen and oxygen atoms in total. The van der Waals surface area contributed by atoms with Gasteiger partial charge in [-0.3, -0.25) is 0 Å². The first-order chi connectivity index (χ1) is 9.69. The molecule has 0 N–H and O–H groups in total. The third-order valence-electron chi connectivity index (χ3n) is 3.05. The molecule has 0 unspecified atom stereocenters. The van der Waals surface area contributed by atoms with Crippen molar-refractivity contribution < 1.29 is 4.39 Å². The van der Waals surface area contributed by atoms with Crippen LogP contribution in [0, 0.1) is 17.1 Å². The first kappa shape index (κ1) is 12.8. The summed E-state index contributed by atoms with van der Waals surface area (Å²) in [5.74, 6) is -0.290. The Morgan fingerprint density at radius 1 is 1.20 bits per heavy atom. The standard InChI is InChI=1S/C15H9BrFN3/c16-11-3-6-14-19-15(10-1-4-12(17)5-2-10)13(7-8-18)20(14)9-11/h1-6,9H,7H2. The zero-order valence-electron chi connectivity index (χ0n) is 10.3. The van der Waals surface area contributed by atoms with Gasteiger partial charge in [0.1, 0.15) is 11.5 Å². The van der Waals surface area contributed by atoms with Gasteiger partial charge in [-0.1, -0.05) is 0 Å². The fourth-order valence-electron chi connectivity index (χ4n) is 2.15. The summed E-state index contributed by atoms with van der Waals surface area (Å²) in [6, 6.07) is 12.1. The second-order valence-corrected chi connectivity index (χ2v) is 5.24. The molecule has 0 atom stereocenters.